The van der Waals surface area contributed by atoms with Gasteiger partial charge in [-0.25, -0.2) is 4.98 Å². The Labute approximate surface area is 197 Å². The second-order valence-electron chi connectivity index (χ2n) is 7.51. The predicted octanol–water partition coefficient (Wildman–Crippen LogP) is 4.78. The number of halogens is 1. The molecule has 1 amide bonds. The van der Waals surface area contributed by atoms with Gasteiger partial charge in [-0.1, -0.05) is 54.1 Å². The number of rotatable bonds is 6. The molecule has 1 aliphatic rings. The number of benzene rings is 2. The standard InChI is InChI=1S/C25H23ClN4OS/c26-22-10-8-20(9-11-22)24(19-5-2-1-3-6-19)32-18-23(31)29-13-15-30(16-14-29)25-21(17-27)7-4-12-28-25/h1-12,24H,13-16,18H2. The third-order valence-electron chi connectivity index (χ3n) is 5.49. The maximum Gasteiger partial charge on any atom is 0.232 e. The largest absolute Gasteiger partial charge is 0.352 e. The lowest BCUT2D eigenvalue weighted by atomic mass is 10.0. The van der Waals surface area contributed by atoms with Crippen molar-refractivity contribution < 1.29 is 4.79 Å². The van der Waals surface area contributed by atoms with E-state index in [1.807, 2.05) is 47.4 Å². The minimum Gasteiger partial charge on any atom is -0.352 e. The number of pyridine rings is 1. The number of hydrogen-bond donors (Lipinski definition) is 0. The third-order valence-corrected chi connectivity index (χ3v) is 7.03. The van der Waals surface area contributed by atoms with Crippen LogP contribution in [-0.4, -0.2) is 47.7 Å². The van der Waals surface area contributed by atoms with Crippen molar-refractivity contribution in [3.8, 4) is 6.07 Å². The number of anilines is 1. The average molecular weight is 463 g/mol. The molecular formula is C25H23ClN4OS. The highest BCUT2D eigenvalue weighted by Crippen LogP contribution is 2.36. The second kappa shape index (κ2) is 10.5. The van der Waals surface area contributed by atoms with Crippen molar-refractivity contribution in [2.24, 2.45) is 0 Å². The third kappa shape index (κ3) is 5.24. The van der Waals surface area contributed by atoms with Crippen LogP contribution in [0.1, 0.15) is 21.9 Å². The highest BCUT2D eigenvalue weighted by atomic mass is 35.5. The summed E-state index contributed by atoms with van der Waals surface area (Å²) in [5.41, 5.74) is 2.86. The van der Waals surface area contributed by atoms with Gasteiger partial charge in [0.1, 0.15) is 11.9 Å². The first-order valence-corrected chi connectivity index (χ1v) is 11.9. The molecule has 0 bridgehead atoms. The number of nitrogens with zero attached hydrogens (tertiary/aromatic N) is 4. The molecule has 5 nitrogen and oxygen atoms in total. The highest BCUT2D eigenvalue weighted by Gasteiger charge is 2.24. The van der Waals surface area contributed by atoms with Crippen molar-refractivity contribution in [3.63, 3.8) is 0 Å². The minimum atomic E-state index is 0.0606. The molecule has 0 N–H and O–H groups in total. The predicted molar refractivity (Wildman–Crippen MR) is 130 cm³/mol. The summed E-state index contributed by atoms with van der Waals surface area (Å²) in [6.07, 6.45) is 1.70. The van der Waals surface area contributed by atoms with E-state index in [0.717, 1.165) is 11.1 Å². The monoisotopic (exact) mass is 462 g/mol. The first-order chi connectivity index (χ1) is 15.7. The van der Waals surface area contributed by atoms with E-state index in [1.165, 1.54) is 0 Å². The number of nitriles is 1. The Balaban J connectivity index is 1.39. The molecule has 3 aromatic rings. The summed E-state index contributed by atoms with van der Waals surface area (Å²) in [6, 6.07) is 23.8. The maximum atomic E-state index is 13.0. The van der Waals surface area contributed by atoms with Gasteiger partial charge in [0.15, 0.2) is 0 Å². The van der Waals surface area contributed by atoms with Gasteiger partial charge in [0.25, 0.3) is 0 Å². The zero-order chi connectivity index (χ0) is 22.3. The summed E-state index contributed by atoms with van der Waals surface area (Å²) < 4.78 is 0. The summed E-state index contributed by atoms with van der Waals surface area (Å²) >= 11 is 7.71. The number of carbonyl (C=O) groups is 1. The second-order valence-corrected chi connectivity index (χ2v) is 9.04. The zero-order valence-electron chi connectivity index (χ0n) is 17.5. The van der Waals surface area contributed by atoms with Crippen LogP contribution in [-0.2, 0) is 4.79 Å². The van der Waals surface area contributed by atoms with Gasteiger partial charge in [-0.05, 0) is 35.4 Å². The maximum absolute atomic E-state index is 13.0. The number of thioether (sulfide) groups is 1. The Bertz CT molecular complexity index is 1090. The zero-order valence-corrected chi connectivity index (χ0v) is 19.1. The van der Waals surface area contributed by atoms with E-state index >= 15 is 0 Å². The fourth-order valence-corrected chi connectivity index (χ4v) is 5.12. The number of hydrogen-bond acceptors (Lipinski definition) is 5. The number of amides is 1. The highest BCUT2D eigenvalue weighted by molar-refractivity contribution is 8.00. The molecule has 4 rings (SSSR count). The van der Waals surface area contributed by atoms with Crippen molar-refractivity contribution in [1.82, 2.24) is 9.88 Å². The number of aromatic nitrogens is 1. The fraction of sp³-hybridized carbons (Fsp3) is 0.240. The Morgan fingerprint density at radius 1 is 1.00 bits per heavy atom. The molecule has 1 fully saturated rings. The molecular weight excluding hydrogens is 440 g/mol. The molecule has 1 aliphatic heterocycles. The molecule has 1 atom stereocenters. The average Bonchev–Trinajstić information content (AvgIpc) is 2.86. The SMILES string of the molecule is N#Cc1cccnc1N1CCN(C(=O)CSC(c2ccccc2)c2ccc(Cl)cc2)CC1. The Morgan fingerprint density at radius 3 is 2.38 bits per heavy atom. The molecule has 162 valence electrons. The summed E-state index contributed by atoms with van der Waals surface area (Å²) in [5.74, 6) is 1.23. The van der Waals surface area contributed by atoms with Gasteiger partial charge in [0.2, 0.25) is 5.91 Å². The van der Waals surface area contributed by atoms with Crippen LogP contribution >= 0.6 is 23.4 Å². The van der Waals surface area contributed by atoms with Crippen LogP contribution < -0.4 is 4.90 Å². The van der Waals surface area contributed by atoms with E-state index in [-0.39, 0.29) is 11.2 Å². The van der Waals surface area contributed by atoms with Gasteiger partial charge >= 0.3 is 0 Å². The van der Waals surface area contributed by atoms with E-state index in [0.29, 0.717) is 48.3 Å². The van der Waals surface area contributed by atoms with Crippen LogP contribution in [0.4, 0.5) is 5.82 Å². The first-order valence-electron chi connectivity index (χ1n) is 10.5. The molecule has 7 heteroatoms. The van der Waals surface area contributed by atoms with E-state index in [4.69, 9.17) is 11.6 Å². The topological polar surface area (TPSA) is 60.2 Å². The Morgan fingerprint density at radius 2 is 1.69 bits per heavy atom. The van der Waals surface area contributed by atoms with Crippen LogP contribution in [0, 0.1) is 11.3 Å². The summed E-state index contributed by atoms with van der Waals surface area (Å²) in [7, 11) is 0. The van der Waals surface area contributed by atoms with Gasteiger partial charge in [-0.15, -0.1) is 11.8 Å². The molecule has 32 heavy (non-hydrogen) atoms. The molecule has 2 aromatic carbocycles. The fourth-order valence-electron chi connectivity index (χ4n) is 3.80. The van der Waals surface area contributed by atoms with Crippen LogP contribution in [0.25, 0.3) is 0 Å². The lowest BCUT2D eigenvalue weighted by molar-refractivity contribution is -0.128. The number of carbonyl (C=O) groups excluding carboxylic acids is 1. The van der Waals surface area contributed by atoms with E-state index in [2.05, 4.69) is 28.1 Å². The molecule has 1 unspecified atom stereocenters. The van der Waals surface area contributed by atoms with Crippen molar-refractivity contribution in [1.29, 1.82) is 5.26 Å². The van der Waals surface area contributed by atoms with E-state index in [9.17, 15) is 10.1 Å². The van der Waals surface area contributed by atoms with Gasteiger partial charge in [-0.3, -0.25) is 4.79 Å². The van der Waals surface area contributed by atoms with Crippen molar-refractivity contribution in [2.45, 2.75) is 5.25 Å². The van der Waals surface area contributed by atoms with Crippen molar-refractivity contribution in [3.05, 3.63) is 94.6 Å². The smallest absolute Gasteiger partial charge is 0.232 e. The molecule has 0 aliphatic carbocycles. The van der Waals surface area contributed by atoms with Gasteiger partial charge < -0.3 is 9.80 Å². The molecule has 1 saturated heterocycles. The molecule has 2 heterocycles. The van der Waals surface area contributed by atoms with Crippen LogP contribution in [0.3, 0.4) is 0 Å². The lowest BCUT2D eigenvalue weighted by Crippen LogP contribution is -2.49. The first kappa shape index (κ1) is 22.2. The summed E-state index contributed by atoms with van der Waals surface area (Å²) in [5, 5.41) is 10.1. The van der Waals surface area contributed by atoms with E-state index in [1.54, 1.807) is 30.1 Å². The number of piperazine rings is 1. The molecule has 0 saturated carbocycles. The van der Waals surface area contributed by atoms with Crippen LogP contribution in [0.15, 0.2) is 72.9 Å². The van der Waals surface area contributed by atoms with Crippen molar-refractivity contribution in [2.75, 3.05) is 36.8 Å². The van der Waals surface area contributed by atoms with Crippen molar-refractivity contribution >= 4 is 35.1 Å². The minimum absolute atomic E-state index is 0.0606. The molecule has 1 aromatic heterocycles. The van der Waals surface area contributed by atoms with Gasteiger partial charge in [0.05, 0.1) is 16.6 Å². The quantitative estimate of drug-likeness (QED) is 0.527. The van der Waals surface area contributed by atoms with Gasteiger partial charge in [0, 0.05) is 37.4 Å². The molecule has 0 radical (unpaired) electrons. The summed E-state index contributed by atoms with van der Waals surface area (Å²) in [6.45, 7) is 2.58. The van der Waals surface area contributed by atoms with Gasteiger partial charge in [-0.2, -0.15) is 5.26 Å². The van der Waals surface area contributed by atoms with E-state index < -0.39 is 0 Å². The van der Waals surface area contributed by atoms with Crippen LogP contribution in [0.5, 0.6) is 0 Å². The van der Waals surface area contributed by atoms with Crippen LogP contribution in [0.2, 0.25) is 5.02 Å². The normalized spacial score (nSPS) is 14.6. The Hall–Kier alpha value is -3.01. The molecule has 0 spiro atoms. The lowest BCUT2D eigenvalue weighted by Gasteiger charge is -2.35. The summed E-state index contributed by atoms with van der Waals surface area (Å²) in [4.78, 5) is 21.3. The Kier molecular flexibility index (Phi) is 7.31.